The number of fused-ring (bicyclic) bond motifs is 1. The van der Waals surface area contributed by atoms with E-state index in [1.54, 1.807) is 12.1 Å². The molecule has 7 nitrogen and oxygen atoms in total. The van der Waals surface area contributed by atoms with Crippen LogP contribution in [-0.4, -0.2) is 29.0 Å². The lowest BCUT2D eigenvalue weighted by Crippen LogP contribution is -2.14. The van der Waals surface area contributed by atoms with Crippen LogP contribution < -0.4 is 5.32 Å². The third-order valence-electron chi connectivity index (χ3n) is 2.95. The molecule has 1 aromatic carbocycles. The number of nitrogens with one attached hydrogen (secondary N) is 1. The molecule has 0 atom stereocenters. The van der Waals surface area contributed by atoms with Gasteiger partial charge in [0.2, 0.25) is 6.41 Å². The number of carbonyl (C=O) groups excluding carboxylic acids is 1. The minimum atomic E-state index is -3.90. The molecular weight excluding hydrogens is 328 g/mol. The van der Waals surface area contributed by atoms with Crippen molar-refractivity contribution in [1.82, 2.24) is 14.2 Å². The molecule has 1 N–H and O–H groups in total. The number of carbonyl (C=O) groups is 1. The number of anilines is 1. The number of pyridine rings is 1. The Kier molecular flexibility index (Phi) is 3.55. The van der Waals surface area contributed by atoms with E-state index in [2.05, 4.69) is 15.4 Å². The number of hydrogen-bond acceptors (Lipinski definition) is 5. The molecule has 112 valence electrons. The summed E-state index contributed by atoms with van der Waals surface area (Å²) in [7, 11) is -3.90. The summed E-state index contributed by atoms with van der Waals surface area (Å²) in [6.45, 7) is 0. The van der Waals surface area contributed by atoms with Crippen molar-refractivity contribution in [2.75, 3.05) is 5.32 Å². The Hall–Kier alpha value is -2.45. The average molecular weight is 337 g/mol. The van der Waals surface area contributed by atoms with Crippen LogP contribution in [0.4, 0.5) is 5.82 Å². The quantitative estimate of drug-likeness (QED) is 0.734. The fourth-order valence-electron chi connectivity index (χ4n) is 1.96. The van der Waals surface area contributed by atoms with Crippen LogP contribution in [0.15, 0.2) is 47.6 Å². The second kappa shape index (κ2) is 5.39. The van der Waals surface area contributed by atoms with E-state index in [4.69, 9.17) is 11.6 Å². The standard InChI is InChI=1S/C13H9ClN4O3S/c14-10-2-1-3-11(4-10)22(20,21)18-12-5-13(16-8-19)15-6-9(12)7-17-18/h1-8H,(H,15,16,19). The maximum Gasteiger partial charge on any atom is 0.283 e. The molecule has 3 aromatic rings. The van der Waals surface area contributed by atoms with Gasteiger partial charge in [-0.25, -0.2) is 4.98 Å². The van der Waals surface area contributed by atoms with Crippen LogP contribution in [0.3, 0.4) is 0 Å². The van der Waals surface area contributed by atoms with Crippen LogP contribution in [0.5, 0.6) is 0 Å². The predicted octanol–water partition coefficient (Wildman–Crippen LogP) is 1.89. The predicted molar refractivity (Wildman–Crippen MR) is 81.3 cm³/mol. The monoisotopic (exact) mass is 336 g/mol. The van der Waals surface area contributed by atoms with E-state index in [1.165, 1.54) is 30.6 Å². The van der Waals surface area contributed by atoms with Gasteiger partial charge in [-0.05, 0) is 18.2 Å². The highest BCUT2D eigenvalue weighted by Gasteiger charge is 2.21. The van der Waals surface area contributed by atoms with Crippen LogP contribution in [0, 0.1) is 0 Å². The summed E-state index contributed by atoms with van der Waals surface area (Å²) in [6, 6.07) is 7.33. The lowest BCUT2D eigenvalue weighted by atomic mass is 10.3. The maximum absolute atomic E-state index is 12.7. The van der Waals surface area contributed by atoms with Gasteiger partial charge in [0.1, 0.15) is 5.82 Å². The van der Waals surface area contributed by atoms with Gasteiger partial charge < -0.3 is 5.32 Å². The molecule has 2 heterocycles. The van der Waals surface area contributed by atoms with Gasteiger partial charge in [0, 0.05) is 22.7 Å². The third kappa shape index (κ3) is 2.42. The van der Waals surface area contributed by atoms with Gasteiger partial charge >= 0.3 is 0 Å². The third-order valence-corrected chi connectivity index (χ3v) is 4.78. The summed E-state index contributed by atoms with van der Waals surface area (Å²) >= 11 is 5.84. The van der Waals surface area contributed by atoms with Gasteiger partial charge in [-0.2, -0.15) is 17.6 Å². The summed E-state index contributed by atoms with van der Waals surface area (Å²) in [4.78, 5) is 14.5. The summed E-state index contributed by atoms with van der Waals surface area (Å²) < 4.78 is 26.2. The van der Waals surface area contributed by atoms with Gasteiger partial charge in [-0.15, -0.1) is 0 Å². The normalized spacial score (nSPS) is 11.5. The van der Waals surface area contributed by atoms with Crippen molar-refractivity contribution in [2.24, 2.45) is 0 Å². The highest BCUT2D eigenvalue weighted by Crippen LogP contribution is 2.23. The average Bonchev–Trinajstić information content (AvgIpc) is 2.91. The molecule has 0 spiro atoms. The first kappa shape index (κ1) is 14.5. The Balaban J connectivity index is 2.20. The van der Waals surface area contributed by atoms with Gasteiger partial charge in [-0.1, -0.05) is 17.7 Å². The molecule has 22 heavy (non-hydrogen) atoms. The van der Waals surface area contributed by atoms with Crippen molar-refractivity contribution in [2.45, 2.75) is 4.90 Å². The molecule has 0 radical (unpaired) electrons. The maximum atomic E-state index is 12.7. The molecule has 0 saturated heterocycles. The Morgan fingerprint density at radius 3 is 2.77 bits per heavy atom. The molecular formula is C13H9ClN4O3S. The number of hydrogen-bond donors (Lipinski definition) is 1. The van der Waals surface area contributed by atoms with Crippen LogP contribution >= 0.6 is 11.6 Å². The largest absolute Gasteiger partial charge is 0.313 e. The first-order valence-electron chi connectivity index (χ1n) is 6.07. The minimum absolute atomic E-state index is 0.0201. The van der Waals surface area contributed by atoms with Crippen molar-refractivity contribution >= 4 is 44.8 Å². The number of rotatable bonds is 4. The molecule has 2 aromatic heterocycles. The van der Waals surface area contributed by atoms with Gasteiger partial charge in [-0.3, -0.25) is 4.79 Å². The summed E-state index contributed by atoms with van der Waals surface area (Å²) in [6.07, 6.45) is 3.27. The lowest BCUT2D eigenvalue weighted by Gasteiger charge is -2.06. The molecule has 0 aliphatic carbocycles. The summed E-state index contributed by atoms with van der Waals surface area (Å²) in [5.74, 6) is 0.227. The lowest BCUT2D eigenvalue weighted by molar-refractivity contribution is -0.105. The van der Waals surface area contributed by atoms with Crippen molar-refractivity contribution < 1.29 is 13.2 Å². The molecule has 0 fully saturated rings. The summed E-state index contributed by atoms with van der Waals surface area (Å²) in [5, 5.41) is 7.11. The van der Waals surface area contributed by atoms with E-state index in [9.17, 15) is 13.2 Å². The highest BCUT2D eigenvalue weighted by molar-refractivity contribution is 7.90. The SMILES string of the molecule is O=CNc1cc2c(cn1)cnn2S(=O)(=O)c1cccc(Cl)c1. The Labute approximate surface area is 130 Å². The number of benzene rings is 1. The molecule has 3 rings (SSSR count). The Morgan fingerprint density at radius 1 is 1.23 bits per heavy atom. The molecule has 0 aliphatic heterocycles. The van der Waals surface area contributed by atoms with E-state index < -0.39 is 10.0 Å². The zero-order valence-electron chi connectivity index (χ0n) is 11.0. The van der Waals surface area contributed by atoms with Crippen molar-refractivity contribution in [3.8, 4) is 0 Å². The van der Waals surface area contributed by atoms with E-state index in [-0.39, 0.29) is 10.7 Å². The zero-order chi connectivity index (χ0) is 15.7. The topological polar surface area (TPSA) is 93.9 Å². The smallest absolute Gasteiger partial charge is 0.283 e. The van der Waals surface area contributed by atoms with E-state index in [0.29, 0.717) is 22.3 Å². The number of halogens is 1. The fourth-order valence-corrected chi connectivity index (χ4v) is 3.52. The molecule has 0 saturated carbocycles. The fraction of sp³-hybridized carbons (Fsp3) is 0. The highest BCUT2D eigenvalue weighted by atomic mass is 35.5. The second-order valence-corrected chi connectivity index (χ2v) is 6.54. The van der Waals surface area contributed by atoms with Crippen molar-refractivity contribution in [1.29, 1.82) is 0 Å². The van der Waals surface area contributed by atoms with Gasteiger partial charge in [0.25, 0.3) is 10.0 Å². The van der Waals surface area contributed by atoms with Gasteiger partial charge in [0.15, 0.2) is 0 Å². The van der Waals surface area contributed by atoms with Gasteiger partial charge in [0.05, 0.1) is 16.6 Å². The zero-order valence-corrected chi connectivity index (χ0v) is 12.5. The minimum Gasteiger partial charge on any atom is -0.313 e. The second-order valence-electron chi connectivity index (χ2n) is 4.34. The van der Waals surface area contributed by atoms with Crippen LogP contribution in [0.25, 0.3) is 10.9 Å². The van der Waals surface area contributed by atoms with Crippen molar-refractivity contribution in [3.05, 3.63) is 47.7 Å². The van der Waals surface area contributed by atoms with Crippen LogP contribution in [-0.2, 0) is 14.8 Å². The van der Waals surface area contributed by atoms with Crippen LogP contribution in [0.1, 0.15) is 0 Å². The van der Waals surface area contributed by atoms with E-state index in [0.717, 1.165) is 4.09 Å². The number of nitrogens with zero attached hydrogens (tertiary/aromatic N) is 3. The Bertz CT molecular complexity index is 968. The molecule has 0 unspecified atom stereocenters. The van der Waals surface area contributed by atoms with Crippen LogP contribution in [0.2, 0.25) is 5.02 Å². The molecule has 0 bridgehead atoms. The molecule has 0 aliphatic rings. The number of amides is 1. The number of aromatic nitrogens is 3. The van der Waals surface area contributed by atoms with E-state index >= 15 is 0 Å². The Morgan fingerprint density at radius 2 is 2.05 bits per heavy atom. The molecule has 1 amide bonds. The van der Waals surface area contributed by atoms with Crippen molar-refractivity contribution in [3.63, 3.8) is 0 Å². The van der Waals surface area contributed by atoms with E-state index in [1.807, 2.05) is 0 Å². The molecule has 9 heteroatoms. The first-order valence-corrected chi connectivity index (χ1v) is 7.89. The first-order chi connectivity index (χ1) is 10.5. The summed E-state index contributed by atoms with van der Waals surface area (Å²) in [5.41, 5.74) is 0.305.